The molecule has 0 aliphatic carbocycles. The average Bonchev–Trinajstić information content (AvgIpc) is 3.32. The molecule has 0 unspecified atom stereocenters. The lowest BCUT2D eigenvalue weighted by molar-refractivity contribution is 0.0940. The van der Waals surface area contributed by atoms with Crippen LogP contribution in [-0.2, 0) is 6.37 Å². The first-order valence-electron chi connectivity index (χ1n) is 11.9. The maximum Gasteiger partial charge on any atom is 0.256 e. The molecule has 1 saturated heterocycles. The highest BCUT2D eigenvalue weighted by Gasteiger charge is 2.31. The number of anilines is 1. The van der Waals surface area contributed by atoms with Gasteiger partial charge in [-0.1, -0.05) is 0 Å². The summed E-state index contributed by atoms with van der Waals surface area (Å²) in [4.78, 5) is 23.0. The van der Waals surface area contributed by atoms with Crippen molar-refractivity contribution in [3.63, 3.8) is 0 Å². The molecule has 144 valence electrons. The Morgan fingerprint density at radius 1 is 1.39 bits per heavy atom. The van der Waals surface area contributed by atoms with Gasteiger partial charge in [-0.2, -0.15) is 5.10 Å². The Hall–Kier alpha value is -3.03. The molecule has 3 aromatic rings. The largest absolute Gasteiger partial charge is 0.349 e. The lowest BCUT2D eigenvalue weighted by Crippen LogP contribution is -2.33. The predicted molar refractivity (Wildman–Crippen MR) is 102 cm³/mol. The molecular formula is C20H21FN6O. The molecule has 1 fully saturated rings. The van der Waals surface area contributed by atoms with Crippen LogP contribution in [-0.4, -0.2) is 38.1 Å². The maximum absolute atomic E-state index is 14.4. The van der Waals surface area contributed by atoms with E-state index in [1.54, 1.807) is 17.2 Å². The molecule has 3 aromatic heterocycles. The SMILES string of the molecule is [2H]C1([2H])C[C@@H]2c3cc(F)cnc3C([2H])([2H])C([2H])([2H])[C@@H](C)NC(=O)c3cnn4ccc(nc34)N2C1. The van der Waals surface area contributed by atoms with Crippen molar-refractivity contribution < 1.29 is 17.4 Å². The second kappa shape index (κ2) is 6.54. The van der Waals surface area contributed by atoms with Crippen LogP contribution < -0.4 is 10.2 Å². The number of rotatable bonds is 0. The summed E-state index contributed by atoms with van der Waals surface area (Å²) in [6, 6.07) is 0.458. The summed E-state index contributed by atoms with van der Waals surface area (Å²) in [6.07, 6.45) is -3.62. The summed E-state index contributed by atoms with van der Waals surface area (Å²) < 4.78 is 67.1. The Morgan fingerprint density at radius 3 is 3.18 bits per heavy atom. The topological polar surface area (TPSA) is 75.4 Å². The van der Waals surface area contributed by atoms with E-state index in [1.807, 2.05) is 0 Å². The molecular weight excluding hydrogens is 359 g/mol. The van der Waals surface area contributed by atoms with Crippen LogP contribution in [0.25, 0.3) is 5.65 Å². The molecule has 2 bridgehead atoms. The van der Waals surface area contributed by atoms with Crippen LogP contribution in [0.4, 0.5) is 10.2 Å². The number of nitrogens with one attached hydrogen (secondary N) is 1. The van der Waals surface area contributed by atoms with Gasteiger partial charge in [-0.15, -0.1) is 0 Å². The van der Waals surface area contributed by atoms with E-state index in [0.29, 0.717) is 5.82 Å². The molecule has 0 radical (unpaired) electrons. The van der Waals surface area contributed by atoms with Gasteiger partial charge in [0.15, 0.2) is 5.65 Å². The quantitative estimate of drug-likeness (QED) is 0.643. The summed E-state index contributed by atoms with van der Waals surface area (Å²) in [5.74, 6) is -1.15. The van der Waals surface area contributed by atoms with Crippen LogP contribution in [0.15, 0.2) is 30.7 Å². The molecule has 2 aliphatic rings. The maximum atomic E-state index is 14.4. The minimum absolute atomic E-state index is 0.0310. The second-order valence-corrected chi connectivity index (χ2v) is 6.77. The first-order valence-corrected chi connectivity index (χ1v) is 8.90. The molecule has 0 spiro atoms. The van der Waals surface area contributed by atoms with Crippen molar-refractivity contribution in [1.82, 2.24) is 24.9 Å². The molecule has 1 amide bonds. The number of halogens is 1. The molecule has 8 heteroatoms. The van der Waals surface area contributed by atoms with E-state index in [9.17, 15) is 9.18 Å². The number of hydrogen-bond donors (Lipinski definition) is 1. The highest BCUT2D eigenvalue weighted by molar-refractivity contribution is 5.99. The zero-order chi connectivity index (χ0) is 24.6. The van der Waals surface area contributed by atoms with Crippen molar-refractivity contribution in [2.24, 2.45) is 0 Å². The number of carbonyl (C=O) groups excluding carboxylic acids is 1. The van der Waals surface area contributed by atoms with Gasteiger partial charge in [0, 0.05) is 32.7 Å². The van der Waals surface area contributed by atoms with Gasteiger partial charge in [0.1, 0.15) is 17.2 Å². The molecule has 2 atom stereocenters. The van der Waals surface area contributed by atoms with E-state index in [4.69, 9.17) is 8.22 Å². The van der Waals surface area contributed by atoms with Crippen molar-refractivity contribution in [2.45, 2.75) is 44.5 Å². The lowest BCUT2D eigenvalue weighted by Gasteiger charge is -2.27. The van der Waals surface area contributed by atoms with E-state index in [2.05, 4.69) is 20.4 Å². The first kappa shape index (κ1) is 11.7. The smallest absolute Gasteiger partial charge is 0.256 e. The number of pyridine rings is 1. The number of nitrogens with zero attached hydrogens (tertiary/aromatic N) is 5. The number of fused-ring (bicyclic) bond motifs is 5. The highest BCUT2D eigenvalue weighted by Crippen LogP contribution is 2.37. The van der Waals surface area contributed by atoms with Crippen molar-refractivity contribution in [1.29, 1.82) is 0 Å². The van der Waals surface area contributed by atoms with Crippen LogP contribution in [0.1, 0.15) is 62.0 Å². The summed E-state index contributed by atoms with van der Waals surface area (Å²) in [5.41, 5.74) is -0.0852. The molecule has 28 heavy (non-hydrogen) atoms. The van der Waals surface area contributed by atoms with Gasteiger partial charge < -0.3 is 10.2 Å². The third kappa shape index (κ3) is 2.80. The Bertz CT molecular complexity index is 1310. The third-order valence-corrected chi connectivity index (χ3v) is 4.89. The molecule has 7 nitrogen and oxygen atoms in total. The van der Waals surface area contributed by atoms with Gasteiger partial charge in [0.05, 0.1) is 18.4 Å². The number of carbonyl (C=O) groups is 1. The van der Waals surface area contributed by atoms with E-state index in [0.717, 1.165) is 12.3 Å². The molecule has 5 heterocycles. The molecule has 1 N–H and O–H groups in total. The van der Waals surface area contributed by atoms with E-state index < -0.39 is 42.9 Å². The predicted octanol–water partition coefficient (Wildman–Crippen LogP) is 2.67. The van der Waals surface area contributed by atoms with Crippen LogP contribution in [0.2, 0.25) is 0 Å². The summed E-state index contributed by atoms with van der Waals surface area (Å²) in [5, 5.41) is 6.61. The Morgan fingerprint density at radius 2 is 2.29 bits per heavy atom. The fraction of sp³-hybridized carbons (Fsp3) is 0.400. The van der Waals surface area contributed by atoms with Crippen LogP contribution in [0.3, 0.4) is 0 Å². The highest BCUT2D eigenvalue weighted by atomic mass is 19.1. The second-order valence-electron chi connectivity index (χ2n) is 6.77. The van der Waals surface area contributed by atoms with Crippen molar-refractivity contribution >= 4 is 17.4 Å². The summed E-state index contributed by atoms with van der Waals surface area (Å²) >= 11 is 0. The van der Waals surface area contributed by atoms with E-state index >= 15 is 0 Å². The van der Waals surface area contributed by atoms with Crippen LogP contribution in [0.5, 0.6) is 0 Å². The summed E-state index contributed by atoms with van der Waals surface area (Å²) in [6.45, 7) is 1.21. The lowest BCUT2D eigenvalue weighted by atomic mass is 9.98. The number of hydrogen-bond acceptors (Lipinski definition) is 5. The first-order chi connectivity index (χ1) is 15.8. The monoisotopic (exact) mass is 386 g/mol. The number of amides is 1. The Labute approximate surface area is 170 Å². The van der Waals surface area contributed by atoms with Crippen molar-refractivity contribution in [3.8, 4) is 0 Å². The number of aryl methyl sites for hydroxylation is 1. The van der Waals surface area contributed by atoms with Gasteiger partial charge in [0.25, 0.3) is 5.91 Å². The van der Waals surface area contributed by atoms with Crippen molar-refractivity contribution in [2.75, 3.05) is 11.4 Å². The van der Waals surface area contributed by atoms with Gasteiger partial charge in [-0.3, -0.25) is 9.78 Å². The van der Waals surface area contributed by atoms with E-state index in [-0.39, 0.29) is 35.4 Å². The Kier molecular flexibility index (Phi) is 2.74. The molecule has 0 saturated carbocycles. The molecule has 5 rings (SSSR count). The van der Waals surface area contributed by atoms with Gasteiger partial charge >= 0.3 is 0 Å². The number of aromatic nitrogens is 4. The van der Waals surface area contributed by atoms with Gasteiger partial charge in [-0.05, 0) is 50.2 Å². The van der Waals surface area contributed by atoms with Crippen molar-refractivity contribution in [3.05, 3.63) is 53.4 Å². The minimum Gasteiger partial charge on any atom is -0.349 e. The molecule has 2 aliphatic heterocycles. The van der Waals surface area contributed by atoms with Gasteiger partial charge in [-0.25, -0.2) is 13.9 Å². The normalized spacial score (nSPS) is 30.8. The van der Waals surface area contributed by atoms with Crippen LogP contribution in [0, 0.1) is 5.82 Å². The molecule has 0 aromatic carbocycles. The standard InChI is InChI=1S/C20H21FN6O/c1-12-4-5-16-14(9-13(21)10-22-16)17-3-2-7-26(17)18-6-8-27-19(25-18)15(11-23-27)20(28)24-12/h6,8-12,17H,2-5,7H2,1H3,(H,24,28)/t12-,17-/m1/s1/i2D2,4D2,5D2. The minimum atomic E-state index is -2.77. The zero-order valence-corrected chi connectivity index (χ0v) is 15.0. The van der Waals surface area contributed by atoms with Crippen LogP contribution >= 0.6 is 0 Å². The summed E-state index contributed by atoms with van der Waals surface area (Å²) in [7, 11) is 0. The fourth-order valence-electron chi connectivity index (χ4n) is 3.54. The Balaban J connectivity index is 1.82. The third-order valence-electron chi connectivity index (χ3n) is 4.89. The average molecular weight is 386 g/mol. The fourth-order valence-corrected chi connectivity index (χ4v) is 3.54. The van der Waals surface area contributed by atoms with E-state index in [1.165, 1.54) is 17.6 Å². The zero-order valence-electron chi connectivity index (χ0n) is 21.0. The van der Waals surface area contributed by atoms with Gasteiger partial charge in [0.2, 0.25) is 0 Å².